The highest BCUT2D eigenvalue weighted by atomic mass is 16.2. The first-order chi connectivity index (χ1) is 9.06. The molecule has 2 rings (SSSR count). The number of carbonyl (C=O) groups excluding carboxylic acids is 1. The zero-order chi connectivity index (χ0) is 13.8. The lowest BCUT2D eigenvalue weighted by atomic mass is 10.1. The Morgan fingerprint density at radius 2 is 2.37 bits per heavy atom. The van der Waals surface area contributed by atoms with E-state index >= 15 is 0 Å². The Hall–Kier alpha value is -1.43. The number of hydrogen-bond donors (Lipinski definition) is 1. The van der Waals surface area contributed by atoms with Gasteiger partial charge in [0.2, 0.25) is 0 Å². The van der Waals surface area contributed by atoms with Crippen LogP contribution in [0.25, 0.3) is 0 Å². The van der Waals surface area contributed by atoms with Gasteiger partial charge in [0.1, 0.15) is 0 Å². The number of aromatic nitrogens is 3. The van der Waals surface area contributed by atoms with Crippen molar-refractivity contribution in [2.45, 2.75) is 45.7 Å². The summed E-state index contributed by atoms with van der Waals surface area (Å²) >= 11 is 0. The number of piperidine rings is 1. The molecular weight excluding hydrogens is 242 g/mol. The fourth-order valence-corrected chi connectivity index (χ4v) is 2.25. The number of carbonyl (C=O) groups is 1. The molecule has 0 spiro atoms. The van der Waals surface area contributed by atoms with E-state index < -0.39 is 0 Å². The minimum Gasteiger partial charge on any atom is -0.336 e. The Morgan fingerprint density at radius 1 is 1.58 bits per heavy atom. The van der Waals surface area contributed by atoms with E-state index in [0.29, 0.717) is 18.2 Å². The predicted molar refractivity (Wildman–Crippen MR) is 72.6 cm³/mol. The minimum atomic E-state index is -0.0500. The second-order valence-electron chi connectivity index (χ2n) is 5.70. The van der Waals surface area contributed by atoms with Gasteiger partial charge in [-0.3, -0.25) is 9.48 Å². The second kappa shape index (κ2) is 6.14. The fraction of sp³-hybridized carbons (Fsp3) is 0.769. The molecule has 1 aliphatic rings. The largest absolute Gasteiger partial charge is 0.336 e. The number of amides is 1. The maximum atomic E-state index is 12.3. The van der Waals surface area contributed by atoms with Crippen molar-refractivity contribution in [2.24, 2.45) is 11.7 Å². The van der Waals surface area contributed by atoms with Crippen molar-refractivity contribution < 1.29 is 4.79 Å². The molecule has 106 valence electrons. The van der Waals surface area contributed by atoms with E-state index in [0.717, 1.165) is 32.4 Å². The monoisotopic (exact) mass is 265 g/mol. The summed E-state index contributed by atoms with van der Waals surface area (Å²) in [7, 11) is 0. The highest BCUT2D eigenvalue weighted by molar-refractivity contribution is 5.92. The average Bonchev–Trinajstić information content (AvgIpc) is 2.84. The Balaban J connectivity index is 1.95. The molecule has 1 aromatic heterocycles. The van der Waals surface area contributed by atoms with Gasteiger partial charge in [-0.2, -0.15) is 0 Å². The molecule has 0 aliphatic carbocycles. The van der Waals surface area contributed by atoms with E-state index in [1.54, 1.807) is 15.8 Å². The third-order valence-corrected chi connectivity index (χ3v) is 3.44. The van der Waals surface area contributed by atoms with Gasteiger partial charge in [-0.1, -0.05) is 19.1 Å². The summed E-state index contributed by atoms with van der Waals surface area (Å²) in [6, 6.07) is 0.0914. The van der Waals surface area contributed by atoms with Crippen molar-refractivity contribution in [3.8, 4) is 0 Å². The molecule has 1 saturated heterocycles. The Kier molecular flexibility index (Phi) is 4.52. The Labute approximate surface area is 113 Å². The summed E-state index contributed by atoms with van der Waals surface area (Å²) in [5, 5.41) is 7.99. The van der Waals surface area contributed by atoms with Crippen LogP contribution in [0.2, 0.25) is 0 Å². The van der Waals surface area contributed by atoms with Crippen LogP contribution in [-0.2, 0) is 6.54 Å². The van der Waals surface area contributed by atoms with E-state index in [1.807, 2.05) is 0 Å². The number of hydrogen-bond acceptors (Lipinski definition) is 4. The lowest BCUT2D eigenvalue weighted by molar-refractivity contribution is 0.0702. The summed E-state index contributed by atoms with van der Waals surface area (Å²) in [4.78, 5) is 14.0. The topological polar surface area (TPSA) is 77.0 Å². The van der Waals surface area contributed by atoms with E-state index in [4.69, 9.17) is 5.73 Å². The first-order valence-electron chi connectivity index (χ1n) is 7.01. The Bertz CT molecular complexity index is 428. The molecule has 19 heavy (non-hydrogen) atoms. The molecule has 0 saturated carbocycles. The molecule has 6 nitrogen and oxygen atoms in total. The third kappa shape index (κ3) is 3.76. The normalized spacial score (nSPS) is 20.0. The van der Waals surface area contributed by atoms with Gasteiger partial charge in [0.25, 0.3) is 5.91 Å². The maximum Gasteiger partial charge on any atom is 0.276 e. The molecule has 1 aromatic rings. The number of aryl methyl sites for hydroxylation is 1. The molecule has 1 unspecified atom stereocenters. The summed E-state index contributed by atoms with van der Waals surface area (Å²) < 4.78 is 1.75. The fourth-order valence-electron chi connectivity index (χ4n) is 2.25. The number of nitrogens with two attached hydrogens (primary N) is 1. The number of likely N-dealkylation sites (tertiary alicyclic amines) is 1. The second-order valence-corrected chi connectivity index (χ2v) is 5.70. The molecular formula is C13H23N5O. The zero-order valence-electron chi connectivity index (χ0n) is 11.7. The molecule has 1 aliphatic heterocycles. The van der Waals surface area contributed by atoms with Crippen LogP contribution in [0, 0.1) is 5.92 Å². The van der Waals surface area contributed by atoms with Crippen LogP contribution in [-0.4, -0.2) is 44.9 Å². The van der Waals surface area contributed by atoms with Crippen LogP contribution >= 0.6 is 0 Å². The van der Waals surface area contributed by atoms with Gasteiger partial charge in [-0.25, -0.2) is 0 Å². The smallest absolute Gasteiger partial charge is 0.276 e. The highest BCUT2D eigenvalue weighted by Gasteiger charge is 2.24. The van der Waals surface area contributed by atoms with E-state index in [9.17, 15) is 4.79 Å². The van der Waals surface area contributed by atoms with Crippen molar-refractivity contribution in [3.63, 3.8) is 0 Å². The van der Waals surface area contributed by atoms with Crippen molar-refractivity contribution >= 4 is 5.91 Å². The summed E-state index contributed by atoms with van der Waals surface area (Å²) in [6.45, 7) is 6.52. The van der Waals surface area contributed by atoms with Crippen molar-refractivity contribution in [1.82, 2.24) is 19.9 Å². The van der Waals surface area contributed by atoms with Crippen molar-refractivity contribution in [3.05, 3.63) is 11.9 Å². The highest BCUT2D eigenvalue weighted by Crippen LogP contribution is 2.11. The first-order valence-corrected chi connectivity index (χ1v) is 7.01. The summed E-state index contributed by atoms with van der Waals surface area (Å²) in [5.41, 5.74) is 6.32. The Morgan fingerprint density at radius 3 is 3.05 bits per heavy atom. The van der Waals surface area contributed by atoms with Gasteiger partial charge in [0, 0.05) is 25.7 Å². The van der Waals surface area contributed by atoms with Gasteiger partial charge in [-0.15, -0.1) is 5.10 Å². The van der Waals surface area contributed by atoms with Crippen molar-refractivity contribution in [2.75, 3.05) is 13.1 Å². The SMILES string of the molecule is CC(C)CCn1cc(C(=O)N2CCCC(N)C2)nn1. The van der Waals surface area contributed by atoms with Gasteiger partial charge in [0.05, 0.1) is 6.20 Å². The van der Waals surface area contributed by atoms with Gasteiger partial charge in [-0.05, 0) is 25.2 Å². The number of rotatable bonds is 4. The molecule has 6 heteroatoms. The first kappa shape index (κ1) is 14.0. The average molecular weight is 265 g/mol. The molecule has 0 bridgehead atoms. The molecule has 2 N–H and O–H groups in total. The molecule has 1 atom stereocenters. The molecule has 1 amide bonds. The van der Waals surface area contributed by atoms with Crippen molar-refractivity contribution in [1.29, 1.82) is 0 Å². The standard InChI is InChI=1S/C13H23N5O/c1-10(2)5-7-18-9-12(15-16-18)13(19)17-6-3-4-11(14)8-17/h9-11H,3-8,14H2,1-2H3. The summed E-state index contributed by atoms with van der Waals surface area (Å²) in [6.07, 6.45) is 4.73. The van der Waals surface area contributed by atoms with E-state index in [2.05, 4.69) is 24.2 Å². The summed E-state index contributed by atoms with van der Waals surface area (Å²) in [5.74, 6) is 0.564. The van der Waals surface area contributed by atoms with Gasteiger partial charge < -0.3 is 10.6 Å². The molecule has 0 aromatic carbocycles. The van der Waals surface area contributed by atoms with Gasteiger partial charge >= 0.3 is 0 Å². The number of nitrogens with zero attached hydrogens (tertiary/aromatic N) is 4. The van der Waals surface area contributed by atoms with Crippen LogP contribution < -0.4 is 5.73 Å². The van der Waals surface area contributed by atoms with Crippen LogP contribution in [0.15, 0.2) is 6.20 Å². The van der Waals surface area contributed by atoms with E-state index in [1.165, 1.54) is 0 Å². The lowest BCUT2D eigenvalue weighted by Crippen LogP contribution is -2.45. The van der Waals surface area contributed by atoms with Crippen LogP contribution in [0.3, 0.4) is 0 Å². The molecule has 2 heterocycles. The zero-order valence-corrected chi connectivity index (χ0v) is 11.7. The molecule has 0 radical (unpaired) electrons. The maximum absolute atomic E-state index is 12.3. The van der Waals surface area contributed by atoms with Crippen LogP contribution in [0.4, 0.5) is 0 Å². The van der Waals surface area contributed by atoms with Crippen LogP contribution in [0.5, 0.6) is 0 Å². The minimum absolute atomic E-state index is 0.0500. The lowest BCUT2D eigenvalue weighted by Gasteiger charge is -2.30. The van der Waals surface area contributed by atoms with Gasteiger partial charge in [0.15, 0.2) is 5.69 Å². The van der Waals surface area contributed by atoms with E-state index in [-0.39, 0.29) is 11.9 Å². The quantitative estimate of drug-likeness (QED) is 0.877. The van der Waals surface area contributed by atoms with Crippen LogP contribution in [0.1, 0.15) is 43.6 Å². The third-order valence-electron chi connectivity index (χ3n) is 3.44. The predicted octanol–water partition coefficient (Wildman–Crippen LogP) is 0.888. The molecule has 1 fully saturated rings.